The summed E-state index contributed by atoms with van der Waals surface area (Å²) in [5.74, 6) is 2.61. The molecular formula is C22H24BrN7O3. The van der Waals surface area contributed by atoms with Crippen LogP contribution in [0.1, 0.15) is 5.56 Å². The Bertz CT molecular complexity index is 1120. The Labute approximate surface area is 200 Å². The maximum absolute atomic E-state index is 5.45. The van der Waals surface area contributed by atoms with E-state index in [0.717, 1.165) is 15.7 Å². The SMILES string of the molecule is COc1ccc(/C=N\Nc2nc(Nc3cccc(Br)c3)nc(N3CCOCC3)n2)c(OC)c1. The van der Waals surface area contributed by atoms with Gasteiger partial charge in [-0.25, -0.2) is 5.43 Å². The molecule has 0 bridgehead atoms. The molecule has 1 fully saturated rings. The summed E-state index contributed by atoms with van der Waals surface area (Å²) in [6.07, 6.45) is 1.64. The Hall–Kier alpha value is -3.44. The first-order chi connectivity index (χ1) is 16.1. The summed E-state index contributed by atoms with van der Waals surface area (Å²) in [7, 11) is 3.21. The molecule has 11 heteroatoms. The Morgan fingerprint density at radius 1 is 1.03 bits per heavy atom. The van der Waals surface area contributed by atoms with Crippen molar-refractivity contribution in [3.8, 4) is 11.5 Å². The van der Waals surface area contributed by atoms with E-state index in [-0.39, 0.29) is 0 Å². The molecule has 10 nitrogen and oxygen atoms in total. The first-order valence-electron chi connectivity index (χ1n) is 10.3. The molecule has 0 aliphatic carbocycles. The second kappa shape index (κ2) is 10.9. The quantitative estimate of drug-likeness (QED) is 0.344. The van der Waals surface area contributed by atoms with Crippen LogP contribution in [-0.2, 0) is 4.74 Å². The normalized spacial score (nSPS) is 13.7. The van der Waals surface area contributed by atoms with E-state index >= 15 is 0 Å². The number of rotatable bonds is 8. The lowest BCUT2D eigenvalue weighted by Crippen LogP contribution is -2.37. The zero-order valence-electron chi connectivity index (χ0n) is 18.3. The zero-order chi connectivity index (χ0) is 23.0. The van der Waals surface area contributed by atoms with Gasteiger partial charge >= 0.3 is 0 Å². The number of benzene rings is 2. The first kappa shape index (κ1) is 22.7. The molecule has 2 N–H and O–H groups in total. The third-order valence-corrected chi connectivity index (χ3v) is 5.30. The topological polar surface area (TPSA) is 106 Å². The number of hydrogen-bond acceptors (Lipinski definition) is 10. The van der Waals surface area contributed by atoms with Crippen molar-refractivity contribution in [2.45, 2.75) is 0 Å². The number of ether oxygens (including phenoxy) is 3. The van der Waals surface area contributed by atoms with Crippen molar-refractivity contribution in [2.24, 2.45) is 5.10 Å². The monoisotopic (exact) mass is 513 g/mol. The summed E-state index contributed by atoms with van der Waals surface area (Å²) in [5.41, 5.74) is 4.53. The fraction of sp³-hybridized carbons (Fsp3) is 0.273. The summed E-state index contributed by atoms with van der Waals surface area (Å²) in [5, 5.41) is 7.53. The van der Waals surface area contributed by atoms with Gasteiger partial charge < -0.3 is 24.4 Å². The first-order valence-corrected chi connectivity index (χ1v) is 11.1. The second-order valence-electron chi connectivity index (χ2n) is 7.00. The molecule has 2 aromatic carbocycles. The van der Waals surface area contributed by atoms with E-state index in [1.165, 1.54) is 0 Å². The lowest BCUT2D eigenvalue weighted by atomic mass is 10.2. The molecule has 0 saturated carbocycles. The van der Waals surface area contributed by atoms with Gasteiger partial charge in [0.05, 0.1) is 33.6 Å². The molecule has 0 amide bonds. The van der Waals surface area contributed by atoms with Gasteiger partial charge in [-0.1, -0.05) is 22.0 Å². The minimum Gasteiger partial charge on any atom is -0.497 e. The van der Waals surface area contributed by atoms with E-state index in [2.05, 4.69) is 51.6 Å². The molecule has 0 radical (unpaired) electrons. The molecule has 1 aliphatic rings. The fourth-order valence-corrected chi connectivity index (χ4v) is 3.55. The third kappa shape index (κ3) is 6.08. The molecule has 172 valence electrons. The average Bonchev–Trinajstić information content (AvgIpc) is 2.84. The van der Waals surface area contributed by atoms with Crippen LogP contribution in [0, 0.1) is 0 Å². The van der Waals surface area contributed by atoms with Gasteiger partial charge in [0.1, 0.15) is 11.5 Å². The van der Waals surface area contributed by atoms with E-state index in [9.17, 15) is 0 Å². The molecule has 1 aliphatic heterocycles. The Morgan fingerprint density at radius 3 is 2.61 bits per heavy atom. The summed E-state index contributed by atoms with van der Waals surface area (Å²) in [4.78, 5) is 15.7. The smallest absolute Gasteiger partial charge is 0.250 e. The summed E-state index contributed by atoms with van der Waals surface area (Å²) >= 11 is 3.48. The second-order valence-corrected chi connectivity index (χ2v) is 7.91. The standard InChI is InChI=1S/C22H24BrN7O3/c1-31-18-7-6-15(19(13-18)32-2)14-24-29-21-26-20(25-17-5-3-4-16(23)12-17)27-22(28-21)30-8-10-33-11-9-30/h3-7,12-14H,8-11H2,1-2H3,(H2,25,26,27,28,29)/b24-14-. The molecule has 1 saturated heterocycles. The van der Waals surface area contributed by atoms with Gasteiger partial charge in [0.15, 0.2) is 0 Å². The van der Waals surface area contributed by atoms with E-state index in [0.29, 0.717) is 55.6 Å². The molecule has 0 unspecified atom stereocenters. The number of halogens is 1. The minimum atomic E-state index is 0.313. The van der Waals surface area contributed by atoms with Crippen molar-refractivity contribution < 1.29 is 14.2 Å². The number of nitrogens with one attached hydrogen (secondary N) is 2. The van der Waals surface area contributed by atoms with Crippen molar-refractivity contribution in [3.63, 3.8) is 0 Å². The Morgan fingerprint density at radius 2 is 1.85 bits per heavy atom. The number of methoxy groups -OCH3 is 2. The van der Waals surface area contributed by atoms with Gasteiger partial charge in [-0.3, -0.25) is 0 Å². The van der Waals surface area contributed by atoms with Crippen LogP contribution in [0.25, 0.3) is 0 Å². The van der Waals surface area contributed by atoms with Crippen LogP contribution in [0.3, 0.4) is 0 Å². The number of anilines is 4. The third-order valence-electron chi connectivity index (χ3n) is 4.81. The van der Waals surface area contributed by atoms with E-state index < -0.39 is 0 Å². The molecule has 4 rings (SSSR count). The summed E-state index contributed by atoms with van der Waals surface area (Å²) in [6, 6.07) is 13.2. The highest BCUT2D eigenvalue weighted by atomic mass is 79.9. The number of hydrazone groups is 1. The van der Waals surface area contributed by atoms with Gasteiger partial charge in [0.2, 0.25) is 17.8 Å². The minimum absolute atomic E-state index is 0.313. The highest BCUT2D eigenvalue weighted by molar-refractivity contribution is 9.10. The summed E-state index contributed by atoms with van der Waals surface area (Å²) in [6.45, 7) is 2.65. The predicted molar refractivity (Wildman–Crippen MR) is 131 cm³/mol. The number of morpholine rings is 1. The summed E-state index contributed by atoms with van der Waals surface area (Å²) < 4.78 is 17.0. The number of aromatic nitrogens is 3. The van der Waals surface area contributed by atoms with Crippen molar-refractivity contribution in [3.05, 3.63) is 52.5 Å². The highest BCUT2D eigenvalue weighted by Gasteiger charge is 2.17. The Kier molecular flexibility index (Phi) is 7.53. The molecule has 0 spiro atoms. The molecule has 2 heterocycles. The van der Waals surface area contributed by atoms with Crippen LogP contribution in [-0.4, -0.2) is 61.7 Å². The van der Waals surface area contributed by atoms with Gasteiger partial charge in [0.25, 0.3) is 0 Å². The molecule has 1 aromatic heterocycles. The average molecular weight is 514 g/mol. The van der Waals surface area contributed by atoms with Crippen LogP contribution >= 0.6 is 15.9 Å². The van der Waals surface area contributed by atoms with Crippen molar-refractivity contribution >= 4 is 45.7 Å². The van der Waals surface area contributed by atoms with Crippen molar-refractivity contribution in [2.75, 3.05) is 56.2 Å². The molecule has 0 atom stereocenters. The number of hydrogen-bond donors (Lipinski definition) is 2. The van der Waals surface area contributed by atoms with Crippen LogP contribution in [0.2, 0.25) is 0 Å². The van der Waals surface area contributed by atoms with Crippen molar-refractivity contribution in [1.82, 2.24) is 15.0 Å². The maximum atomic E-state index is 5.45. The highest BCUT2D eigenvalue weighted by Crippen LogP contribution is 2.24. The van der Waals surface area contributed by atoms with E-state index in [1.807, 2.05) is 36.4 Å². The van der Waals surface area contributed by atoms with Gasteiger partial charge in [-0.15, -0.1) is 0 Å². The molecule has 3 aromatic rings. The van der Waals surface area contributed by atoms with Crippen LogP contribution in [0.4, 0.5) is 23.5 Å². The van der Waals surface area contributed by atoms with Crippen LogP contribution in [0.15, 0.2) is 52.0 Å². The van der Waals surface area contributed by atoms with Crippen LogP contribution in [0.5, 0.6) is 11.5 Å². The fourth-order valence-electron chi connectivity index (χ4n) is 3.16. The van der Waals surface area contributed by atoms with E-state index in [4.69, 9.17) is 14.2 Å². The lowest BCUT2D eigenvalue weighted by Gasteiger charge is -2.27. The lowest BCUT2D eigenvalue weighted by molar-refractivity contribution is 0.122. The predicted octanol–water partition coefficient (Wildman–Crippen LogP) is 3.68. The molecule has 33 heavy (non-hydrogen) atoms. The maximum Gasteiger partial charge on any atom is 0.250 e. The van der Waals surface area contributed by atoms with Crippen molar-refractivity contribution in [1.29, 1.82) is 0 Å². The largest absolute Gasteiger partial charge is 0.497 e. The van der Waals surface area contributed by atoms with E-state index in [1.54, 1.807) is 26.5 Å². The van der Waals surface area contributed by atoms with Gasteiger partial charge in [-0.2, -0.15) is 20.1 Å². The van der Waals surface area contributed by atoms with Gasteiger partial charge in [-0.05, 0) is 30.3 Å². The van der Waals surface area contributed by atoms with Gasteiger partial charge in [0, 0.05) is 34.9 Å². The zero-order valence-corrected chi connectivity index (χ0v) is 19.9. The Balaban J connectivity index is 1.57. The van der Waals surface area contributed by atoms with Crippen LogP contribution < -0.4 is 25.1 Å². The number of nitrogens with zero attached hydrogens (tertiary/aromatic N) is 5. The molecular weight excluding hydrogens is 490 g/mol.